The van der Waals surface area contributed by atoms with Crippen LogP contribution in [0.5, 0.6) is 0 Å². The molecule has 144 valence electrons. The zero-order valence-electron chi connectivity index (χ0n) is 16.2. The van der Waals surface area contributed by atoms with Crippen LogP contribution in [0.3, 0.4) is 0 Å². The summed E-state index contributed by atoms with van der Waals surface area (Å²) in [4.78, 5) is 21.6. The summed E-state index contributed by atoms with van der Waals surface area (Å²) in [7, 11) is 0. The Morgan fingerprint density at radius 2 is 1.84 bits per heavy atom. The molecule has 0 aromatic heterocycles. The third kappa shape index (κ3) is 7.22. The molecule has 0 radical (unpaired) electrons. The van der Waals surface area contributed by atoms with Gasteiger partial charge in [-0.1, -0.05) is 6.42 Å². The lowest BCUT2D eigenvalue weighted by molar-refractivity contribution is -0.134. The zero-order valence-corrected chi connectivity index (χ0v) is 16.2. The Hall–Kier alpha value is -1.30. The van der Waals surface area contributed by atoms with Gasteiger partial charge in [-0.2, -0.15) is 0 Å². The van der Waals surface area contributed by atoms with Gasteiger partial charge in [0.2, 0.25) is 5.91 Å². The van der Waals surface area contributed by atoms with E-state index < -0.39 is 0 Å². The average Bonchev–Trinajstić information content (AvgIpc) is 2.63. The summed E-state index contributed by atoms with van der Waals surface area (Å²) in [5.41, 5.74) is 0. The minimum atomic E-state index is 0.267. The van der Waals surface area contributed by atoms with Gasteiger partial charge in [0, 0.05) is 38.6 Å². The van der Waals surface area contributed by atoms with Crippen LogP contribution in [0, 0.1) is 0 Å². The van der Waals surface area contributed by atoms with Gasteiger partial charge in [0.05, 0.1) is 6.54 Å². The average molecular weight is 352 g/mol. The molecule has 2 fully saturated rings. The van der Waals surface area contributed by atoms with Crippen LogP contribution in [0.2, 0.25) is 0 Å². The maximum Gasteiger partial charge on any atom is 0.224 e. The van der Waals surface area contributed by atoms with E-state index in [9.17, 15) is 4.79 Å². The Morgan fingerprint density at radius 3 is 2.56 bits per heavy atom. The molecule has 2 heterocycles. The third-order valence-electron chi connectivity index (χ3n) is 5.23. The monoisotopic (exact) mass is 351 g/mol. The normalized spacial score (nSPS) is 22.7. The van der Waals surface area contributed by atoms with E-state index >= 15 is 0 Å². The molecule has 0 saturated carbocycles. The molecule has 0 bridgehead atoms. The number of carbonyl (C=O) groups excluding carboxylic acids is 1. The number of rotatable bonds is 7. The number of carbonyl (C=O) groups is 1. The molecule has 0 spiro atoms. The number of likely N-dealkylation sites (tertiary alicyclic amines) is 2. The maximum absolute atomic E-state index is 12.4. The third-order valence-corrected chi connectivity index (χ3v) is 5.23. The topological polar surface area (TPSA) is 60.0 Å². The summed E-state index contributed by atoms with van der Waals surface area (Å²) in [5.74, 6) is 1.10. The van der Waals surface area contributed by atoms with Crippen molar-refractivity contribution in [3.8, 4) is 0 Å². The van der Waals surface area contributed by atoms with Crippen LogP contribution in [-0.4, -0.2) is 73.5 Å². The van der Waals surface area contributed by atoms with Crippen LogP contribution in [0.4, 0.5) is 0 Å². The molecule has 25 heavy (non-hydrogen) atoms. The fraction of sp³-hybridized carbons (Fsp3) is 0.895. The quantitative estimate of drug-likeness (QED) is 0.543. The number of aliphatic imine (C=N–C) groups is 1. The highest BCUT2D eigenvalue weighted by atomic mass is 16.2. The van der Waals surface area contributed by atoms with Gasteiger partial charge in [0.15, 0.2) is 5.96 Å². The molecule has 0 aliphatic carbocycles. The molecular formula is C19H37N5O. The van der Waals surface area contributed by atoms with E-state index in [4.69, 9.17) is 0 Å². The molecule has 2 N–H and O–H groups in total. The largest absolute Gasteiger partial charge is 0.357 e. The van der Waals surface area contributed by atoms with Crippen molar-refractivity contribution in [1.82, 2.24) is 20.4 Å². The number of guanidine groups is 1. The molecule has 6 nitrogen and oxygen atoms in total. The second-order valence-corrected chi connectivity index (χ2v) is 7.27. The second kappa shape index (κ2) is 11.3. The van der Waals surface area contributed by atoms with Crippen molar-refractivity contribution in [3.63, 3.8) is 0 Å². The highest BCUT2D eigenvalue weighted by molar-refractivity contribution is 5.81. The summed E-state index contributed by atoms with van der Waals surface area (Å²) in [6.45, 7) is 10.9. The van der Waals surface area contributed by atoms with E-state index in [0.29, 0.717) is 19.0 Å². The number of nitrogens with zero attached hydrogens (tertiary/aromatic N) is 3. The zero-order chi connectivity index (χ0) is 17.9. The molecule has 2 rings (SSSR count). The Morgan fingerprint density at radius 1 is 1.08 bits per heavy atom. The molecule has 6 heteroatoms. The molecule has 1 atom stereocenters. The van der Waals surface area contributed by atoms with Crippen LogP contribution in [0.15, 0.2) is 4.99 Å². The fourth-order valence-electron chi connectivity index (χ4n) is 3.73. The molecule has 0 aromatic rings. The molecular weight excluding hydrogens is 314 g/mol. The lowest BCUT2D eigenvalue weighted by Gasteiger charge is -2.33. The SMILES string of the molecule is CCNC(=NCCN1CCCCC1)NCCC(=O)N1CCCCC1C. The summed E-state index contributed by atoms with van der Waals surface area (Å²) in [6.07, 6.45) is 8.08. The first-order chi connectivity index (χ1) is 12.2. The lowest BCUT2D eigenvalue weighted by atomic mass is 10.0. The standard InChI is InChI=1S/C19H37N5O/c1-3-20-19(22-12-16-23-13-6-4-7-14-23)21-11-10-18(25)24-15-8-5-9-17(24)2/h17H,3-16H2,1-2H3,(H2,20,21,22). The van der Waals surface area contributed by atoms with Crippen LogP contribution in [0.1, 0.15) is 58.8 Å². The summed E-state index contributed by atoms with van der Waals surface area (Å²) in [6, 6.07) is 0.396. The van der Waals surface area contributed by atoms with Crippen molar-refractivity contribution >= 4 is 11.9 Å². The molecule has 2 aliphatic heterocycles. The fourth-order valence-corrected chi connectivity index (χ4v) is 3.73. The minimum absolute atomic E-state index is 0.267. The van der Waals surface area contributed by atoms with Crippen LogP contribution >= 0.6 is 0 Å². The van der Waals surface area contributed by atoms with E-state index in [0.717, 1.165) is 45.0 Å². The Kier molecular flexibility index (Phi) is 9.08. The smallest absolute Gasteiger partial charge is 0.224 e. The molecule has 2 aliphatic rings. The van der Waals surface area contributed by atoms with Crippen molar-refractivity contribution < 1.29 is 4.79 Å². The predicted octanol–water partition coefficient (Wildman–Crippen LogP) is 1.82. The van der Waals surface area contributed by atoms with Crippen LogP contribution < -0.4 is 10.6 Å². The van der Waals surface area contributed by atoms with Gasteiger partial charge in [-0.25, -0.2) is 0 Å². The minimum Gasteiger partial charge on any atom is -0.357 e. The predicted molar refractivity (Wildman–Crippen MR) is 104 cm³/mol. The van der Waals surface area contributed by atoms with E-state index in [1.54, 1.807) is 0 Å². The van der Waals surface area contributed by atoms with Crippen molar-refractivity contribution in [2.75, 3.05) is 45.8 Å². The first-order valence-corrected chi connectivity index (χ1v) is 10.2. The van der Waals surface area contributed by atoms with Gasteiger partial charge in [0.1, 0.15) is 0 Å². The number of piperidine rings is 2. The van der Waals surface area contributed by atoms with Gasteiger partial charge >= 0.3 is 0 Å². The van der Waals surface area contributed by atoms with Gasteiger partial charge < -0.3 is 20.4 Å². The van der Waals surface area contributed by atoms with E-state index in [-0.39, 0.29) is 5.91 Å². The molecule has 1 amide bonds. The van der Waals surface area contributed by atoms with E-state index in [1.165, 1.54) is 38.8 Å². The van der Waals surface area contributed by atoms with Crippen LogP contribution in [0.25, 0.3) is 0 Å². The van der Waals surface area contributed by atoms with Crippen molar-refractivity contribution in [1.29, 1.82) is 0 Å². The number of nitrogens with one attached hydrogen (secondary N) is 2. The number of hydrogen-bond donors (Lipinski definition) is 2. The highest BCUT2D eigenvalue weighted by Crippen LogP contribution is 2.16. The Bertz CT molecular complexity index is 420. The van der Waals surface area contributed by atoms with E-state index in [1.807, 2.05) is 4.90 Å². The highest BCUT2D eigenvalue weighted by Gasteiger charge is 2.22. The lowest BCUT2D eigenvalue weighted by Crippen LogP contribution is -2.44. The second-order valence-electron chi connectivity index (χ2n) is 7.27. The summed E-state index contributed by atoms with van der Waals surface area (Å²) >= 11 is 0. The maximum atomic E-state index is 12.4. The molecule has 1 unspecified atom stereocenters. The van der Waals surface area contributed by atoms with Gasteiger partial charge in [0.25, 0.3) is 0 Å². The first kappa shape index (κ1) is 20.0. The van der Waals surface area contributed by atoms with Crippen molar-refractivity contribution in [3.05, 3.63) is 0 Å². The van der Waals surface area contributed by atoms with Gasteiger partial charge in [-0.3, -0.25) is 9.79 Å². The summed E-state index contributed by atoms with van der Waals surface area (Å²) < 4.78 is 0. The molecule has 2 saturated heterocycles. The molecule has 0 aromatic carbocycles. The summed E-state index contributed by atoms with van der Waals surface area (Å²) in [5, 5.41) is 6.59. The number of hydrogen-bond acceptors (Lipinski definition) is 3. The van der Waals surface area contributed by atoms with E-state index in [2.05, 4.69) is 34.4 Å². The van der Waals surface area contributed by atoms with Crippen LogP contribution in [-0.2, 0) is 4.79 Å². The first-order valence-electron chi connectivity index (χ1n) is 10.2. The van der Waals surface area contributed by atoms with Gasteiger partial charge in [-0.05, 0) is 59.0 Å². The van der Waals surface area contributed by atoms with Crippen molar-refractivity contribution in [2.45, 2.75) is 64.8 Å². The van der Waals surface area contributed by atoms with Gasteiger partial charge in [-0.15, -0.1) is 0 Å². The number of amides is 1. The Balaban J connectivity index is 1.68. The van der Waals surface area contributed by atoms with Crippen molar-refractivity contribution in [2.24, 2.45) is 4.99 Å². The Labute approximate surface area is 153 Å².